The first-order chi connectivity index (χ1) is 44.9. The lowest BCUT2D eigenvalue weighted by molar-refractivity contribution is 0.0146. The smallest absolute Gasteiger partial charge is 0.335 e. The van der Waals surface area contributed by atoms with Crippen molar-refractivity contribution in [3.05, 3.63) is 59.2 Å². The maximum Gasteiger partial charge on any atom is 0.335 e. The number of hydrogen-bond acceptors (Lipinski definition) is 27. The maximum atomic E-state index is 12.7. The van der Waals surface area contributed by atoms with Crippen molar-refractivity contribution in [2.75, 3.05) is 281 Å². The molecule has 0 radical (unpaired) electrons. The molecule has 3 aromatic carbocycles. The number of carboxylic acid groups (broad SMARTS) is 1. The second kappa shape index (κ2) is 57.5. The van der Waals surface area contributed by atoms with E-state index in [1.165, 1.54) is 12.1 Å². The molecular weight excluding hydrogens is 1200 g/mol. The highest BCUT2D eigenvalue weighted by Crippen LogP contribution is 2.41. The summed E-state index contributed by atoms with van der Waals surface area (Å²) in [6.07, 6.45) is 0. The second-order valence-electron chi connectivity index (χ2n) is 18.8. The molecule has 0 saturated heterocycles. The number of benzene rings is 3. The molecule has 28 heteroatoms. The number of methoxy groups -OCH3 is 6. The van der Waals surface area contributed by atoms with E-state index in [1.54, 1.807) is 73.0 Å². The van der Waals surface area contributed by atoms with E-state index in [2.05, 4.69) is 0 Å². The summed E-state index contributed by atoms with van der Waals surface area (Å²) in [4.78, 5) is 12.7. The lowest BCUT2D eigenvalue weighted by Gasteiger charge is -2.20. The molecule has 91 heavy (non-hydrogen) atoms. The Bertz CT molecular complexity index is 1970. The van der Waals surface area contributed by atoms with Crippen LogP contribution in [0.3, 0.4) is 0 Å². The minimum atomic E-state index is -1.21. The average molecular weight is 1310 g/mol. The molecule has 1 N–H and O–H groups in total. The molecule has 0 spiro atoms. The summed E-state index contributed by atoms with van der Waals surface area (Å²) in [6, 6.07) is 11.4. The molecule has 0 aliphatic rings. The second-order valence-corrected chi connectivity index (χ2v) is 18.8. The molecule has 3 aromatic rings. The van der Waals surface area contributed by atoms with Gasteiger partial charge in [-0.1, -0.05) is 0 Å². The normalized spacial score (nSPS) is 11.3. The van der Waals surface area contributed by atoms with Crippen LogP contribution < -0.4 is 37.9 Å². The highest BCUT2D eigenvalue weighted by atomic mass is 16.6. The van der Waals surface area contributed by atoms with E-state index in [1.807, 2.05) is 0 Å². The third-order valence-corrected chi connectivity index (χ3v) is 11.8. The van der Waals surface area contributed by atoms with Crippen LogP contribution in [-0.2, 0) is 98.5 Å². The quantitative estimate of drug-likeness (QED) is 0.0736. The molecule has 0 saturated carbocycles. The fourth-order valence-corrected chi connectivity index (χ4v) is 7.37. The minimum absolute atomic E-state index is 0.0719. The van der Waals surface area contributed by atoms with Crippen molar-refractivity contribution in [2.45, 2.75) is 13.2 Å². The molecule has 0 amide bonds. The first kappa shape index (κ1) is 80.0. The van der Waals surface area contributed by atoms with Crippen molar-refractivity contribution >= 4 is 5.97 Å². The Balaban J connectivity index is 1.93. The summed E-state index contributed by atoms with van der Waals surface area (Å²) in [5.74, 6) is 1.12. The van der Waals surface area contributed by atoms with E-state index >= 15 is 0 Å². The van der Waals surface area contributed by atoms with Gasteiger partial charge in [0.1, 0.15) is 64.4 Å². The minimum Gasteiger partial charge on any atom is -0.489 e. The Morgan fingerprint density at radius 2 is 0.451 bits per heavy atom. The van der Waals surface area contributed by atoms with Gasteiger partial charge in [0, 0.05) is 48.7 Å². The lowest BCUT2D eigenvalue weighted by Crippen LogP contribution is -2.16. The third-order valence-electron chi connectivity index (χ3n) is 11.8. The topological polar surface area (TPSA) is 277 Å². The van der Waals surface area contributed by atoms with Crippen LogP contribution in [0, 0.1) is 0 Å². The Morgan fingerprint density at radius 3 is 0.659 bits per heavy atom. The predicted octanol–water partition coefficient (Wildman–Crippen LogP) is 4.89. The van der Waals surface area contributed by atoms with E-state index in [4.69, 9.17) is 123 Å². The third kappa shape index (κ3) is 41.2. The van der Waals surface area contributed by atoms with Crippen molar-refractivity contribution in [3.8, 4) is 46.0 Å². The summed E-state index contributed by atoms with van der Waals surface area (Å²) in [6.45, 7) is 12.0. The van der Waals surface area contributed by atoms with Gasteiger partial charge >= 0.3 is 5.97 Å². The van der Waals surface area contributed by atoms with E-state index in [-0.39, 0.29) is 110 Å². The summed E-state index contributed by atoms with van der Waals surface area (Å²) in [7, 11) is 9.65. The van der Waals surface area contributed by atoms with Crippen molar-refractivity contribution in [3.63, 3.8) is 0 Å². The van der Waals surface area contributed by atoms with E-state index < -0.39 is 5.97 Å². The SMILES string of the molecule is COCCOCCOCCOc1cc(COc2cc(OCc3cc(OCCOCCOCCOC)c(OCCOCCOCCOC)c(OCCOCCOCCOC)c3)cc(C(=O)O)c2)cc(OCCOCCOCCOC)c1OCCOCCOCCOC. The van der Waals surface area contributed by atoms with Crippen LogP contribution in [0.15, 0.2) is 42.5 Å². The number of ether oxygens (including phenoxy) is 26. The van der Waals surface area contributed by atoms with Crippen LogP contribution in [-0.4, -0.2) is 292 Å². The van der Waals surface area contributed by atoms with Crippen LogP contribution in [0.25, 0.3) is 0 Å². The summed E-state index contributed by atoms with van der Waals surface area (Å²) in [5.41, 5.74) is 1.09. The maximum absolute atomic E-state index is 12.7. The van der Waals surface area contributed by atoms with Gasteiger partial charge in [-0.2, -0.15) is 0 Å². The molecule has 0 bridgehead atoms. The van der Waals surface area contributed by atoms with Crippen LogP contribution >= 0.6 is 0 Å². The van der Waals surface area contributed by atoms with Crippen molar-refractivity contribution in [2.24, 2.45) is 0 Å². The lowest BCUT2D eigenvalue weighted by atomic mass is 10.1. The number of carbonyl (C=O) groups is 1. The molecule has 0 aliphatic carbocycles. The molecule has 0 atom stereocenters. The first-order valence-corrected chi connectivity index (χ1v) is 30.5. The Kier molecular flexibility index (Phi) is 50.6. The zero-order valence-corrected chi connectivity index (χ0v) is 54.4. The summed E-state index contributed by atoms with van der Waals surface area (Å²) >= 11 is 0. The van der Waals surface area contributed by atoms with Crippen LogP contribution in [0.4, 0.5) is 0 Å². The molecule has 3 rings (SSSR count). The van der Waals surface area contributed by atoms with Crippen LogP contribution in [0.2, 0.25) is 0 Å². The van der Waals surface area contributed by atoms with E-state index in [9.17, 15) is 9.90 Å². The molecule has 0 fully saturated rings. The molecule has 0 unspecified atom stereocenters. The number of hydrogen-bond donors (Lipinski definition) is 1. The Morgan fingerprint density at radius 1 is 0.253 bits per heavy atom. The van der Waals surface area contributed by atoms with Gasteiger partial charge in [-0.05, 0) is 47.5 Å². The van der Waals surface area contributed by atoms with E-state index in [0.717, 1.165) is 0 Å². The first-order valence-electron chi connectivity index (χ1n) is 30.5. The fourth-order valence-electron chi connectivity index (χ4n) is 7.37. The highest BCUT2D eigenvalue weighted by molar-refractivity contribution is 5.88. The van der Waals surface area contributed by atoms with Gasteiger partial charge in [-0.15, -0.1) is 0 Å². The average Bonchev–Trinajstić information content (AvgIpc) is 1.47. The molecule has 522 valence electrons. The summed E-state index contributed by atoms with van der Waals surface area (Å²) < 4.78 is 149. The fraction of sp³-hybridized carbons (Fsp3) is 0.698. The summed E-state index contributed by atoms with van der Waals surface area (Å²) in [5, 5.41) is 10.3. The van der Waals surface area contributed by atoms with Crippen LogP contribution in [0.5, 0.6) is 46.0 Å². The largest absolute Gasteiger partial charge is 0.489 e. The van der Waals surface area contributed by atoms with Gasteiger partial charge in [0.2, 0.25) is 11.5 Å². The van der Waals surface area contributed by atoms with Crippen molar-refractivity contribution < 1.29 is 133 Å². The Hall–Kier alpha value is -5.19. The monoisotopic (exact) mass is 1310 g/mol. The molecule has 0 aromatic heterocycles. The predicted molar refractivity (Wildman–Crippen MR) is 329 cm³/mol. The number of aromatic carboxylic acids is 1. The molecule has 0 aliphatic heterocycles. The van der Waals surface area contributed by atoms with Gasteiger partial charge in [-0.3, -0.25) is 0 Å². The zero-order chi connectivity index (χ0) is 65.1. The van der Waals surface area contributed by atoms with Crippen molar-refractivity contribution in [1.29, 1.82) is 0 Å². The number of carboxylic acids is 1. The molecule has 28 nitrogen and oxygen atoms in total. The standard InChI is InChI=1S/C63H102O28/c1-66-7-13-72-19-25-78-31-37-84-57-43-52(44-58(85-38-32-79-26-20-73-14-8-67-2)61(57)88-41-35-82-29-23-76-17-11-70-5)50-90-55-47-54(63(64)65)48-56(49-55)91-51-53-45-59(86-39-33-80-27-21-74-15-9-68-3)62(89-42-36-83-30-24-77-18-12-71-6)60(46-53)87-40-34-81-28-22-75-16-10-69-4/h43-49H,7-42,50-51H2,1-6H3,(H,64,65). The van der Waals surface area contributed by atoms with Gasteiger partial charge in [0.15, 0.2) is 23.0 Å². The Labute approximate surface area is 536 Å². The van der Waals surface area contributed by atoms with E-state index in [0.29, 0.717) is 204 Å². The molecular formula is C63H102O28. The van der Waals surface area contributed by atoms with Crippen LogP contribution in [0.1, 0.15) is 21.5 Å². The van der Waals surface area contributed by atoms with Gasteiger partial charge < -0.3 is 128 Å². The number of rotatable bonds is 67. The van der Waals surface area contributed by atoms with Gasteiger partial charge in [0.25, 0.3) is 0 Å². The zero-order valence-electron chi connectivity index (χ0n) is 54.4. The van der Waals surface area contributed by atoms with Gasteiger partial charge in [-0.25, -0.2) is 4.79 Å². The molecule has 0 heterocycles. The highest BCUT2D eigenvalue weighted by Gasteiger charge is 2.20. The van der Waals surface area contributed by atoms with Crippen molar-refractivity contribution in [1.82, 2.24) is 0 Å². The van der Waals surface area contributed by atoms with Gasteiger partial charge in [0.05, 0.1) is 204 Å².